The molecule has 3 aliphatic heterocycles. The summed E-state index contributed by atoms with van der Waals surface area (Å²) in [6.07, 6.45) is -4.41. The maximum atomic E-state index is 14.2. The molecule has 2 saturated heterocycles. The standard InChI is InChI=1S/C45H47F3N4O5/c1-2-37(30-8-4-3-5-9-30)42(31-11-16-35(53)17-12-31)32-13-18-36(19-14-32)57-40(45(46,47)48)10-6-7-23-50-24-26-51(27-25-50)34-15-20-38-33(28-34)29-52(44(38)56)39-21-22-41(54)49-43(39)55/h3-5,8-9,11-20,28,39-40,53H,2,6-7,10,21-27,29H2,1H3,(H,49,54,55). The molecule has 0 aromatic heterocycles. The number of unbranched alkanes of at least 4 members (excludes halogenated alkanes) is 1. The second-order valence-electron chi connectivity index (χ2n) is 14.9. The van der Waals surface area contributed by atoms with Gasteiger partial charge in [-0.2, -0.15) is 13.2 Å². The van der Waals surface area contributed by atoms with Crippen LogP contribution in [0.5, 0.6) is 11.5 Å². The Balaban J connectivity index is 0.917. The summed E-state index contributed by atoms with van der Waals surface area (Å²) in [7, 11) is 0. The summed E-state index contributed by atoms with van der Waals surface area (Å²) in [5, 5.41) is 12.3. The zero-order valence-corrected chi connectivity index (χ0v) is 31.9. The van der Waals surface area contributed by atoms with Crippen LogP contribution in [0.1, 0.15) is 78.1 Å². The first kappa shape index (κ1) is 39.6. The molecule has 0 aliphatic carbocycles. The van der Waals surface area contributed by atoms with Crippen LogP contribution in [-0.2, 0) is 16.1 Å². The van der Waals surface area contributed by atoms with E-state index in [1.807, 2.05) is 54.6 Å². The first-order chi connectivity index (χ1) is 27.5. The maximum absolute atomic E-state index is 14.2. The molecule has 4 aromatic rings. The minimum atomic E-state index is -4.52. The molecule has 0 bridgehead atoms. The molecule has 9 nitrogen and oxygen atoms in total. The number of benzene rings is 4. The Morgan fingerprint density at radius 2 is 1.54 bits per heavy atom. The van der Waals surface area contributed by atoms with Crippen molar-refractivity contribution in [3.05, 3.63) is 125 Å². The fourth-order valence-corrected chi connectivity index (χ4v) is 8.11. The van der Waals surface area contributed by atoms with Crippen molar-refractivity contribution in [3.8, 4) is 11.5 Å². The molecule has 0 spiro atoms. The number of imide groups is 1. The topological polar surface area (TPSA) is 102 Å². The third kappa shape index (κ3) is 9.17. The molecule has 0 radical (unpaired) electrons. The lowest BCUT2D eigenvalue weighted by atomic mass is 9.88. The number of rotatable bonds is 13. The third-order valence-corrected chi connectivity index (χ3v) is 11.2. The second-order valence-corrected chi connectivity index (χ2v) is 14.9. The molecule has 3 amide bonds. The number of nitrogens with one attached hydrogen (secondary N) is 1. The average Bonchev–Trinajstić information content (AvgIpc) is 3.53. The molecule has 2 atom stereocenters. The van der Waals surface area contributed by atoms with Gasteiger partial charge in [0.15, 0.2) is 6.10 Å². The van der Waals surface area contributed by atoms with Crippen molar-refractivity contribution in [2.75, 3.05) is 37.6 Å². The van der Waals surface area contributed by atoms with Crippen LogP contribution in [0.25, 0.3) is 11.1 Å². The highest BCUT2D eigenvalue weighted by Crippen LogP contribution is 2.37. The first-order valence-electron chi connectivity index (χ1n) is 19.6. The summed E-state index contributed by atoms with van der Waals surface area (Å²) in [6, 6.07) is 28.7. The van der Waals surface area contributed by atoms with E-state index in [1.54, 1.807) is 47.4 Å². The van der Waals surface area contributed by atoms with Gasteiger partial charge in [-0.25, -0.2) is 0 Å². The second kappa shape index (κ2) is 17.3. The van der Waals surface area contributed by atoms with Gasteiger partial charge in [-0.05, 0) is 115 Å². The van der Waals surface area contributed by atoms with E-state index in [1.165, 1.54) is 0 Å². The Labute approximate surface area is 330 Å². The lowest BCUT2D eigenvalue weighted by molar-refractivity contribution is -0.197. The van der Waals surface area contributed by atoms with Crippen LogP contribution >= 0.6 is 0 Å². The van der Waals surface area contributed by atoms with Crippen molar-refractivity contribution in [1.29, 1.82) is 0 Å². The Hall–Kier alpha value is -5.62. The number of ether oxygens (including phenoxy) is 1. The lowest BCUT2D eigenvalue weighted by Crippen LogP contribution is -2.52. The monoisotopic (exact) mass is 780 g/mol. The third-order valence-electron chi connectivity index (χ3n) is 11.2. The molecule has 3 aliphatic rings. The summed E-state index contributed by atoms with van der Waals surface area (Å²) in [5.74, 6) is -0.657. The van der Waals surface area contributed by atoms with Gasteiger partial charge in [-0.1, -0.05) is 61.5 Å². The minimum absolute atomic E-state index is 0.149. The smallest absolute Gasteiger partial charge is 0.425 e. The zero-order valence-electron chi connectivity index (χ0n) is 31.9. The first-order valence-corrected chi connectivity index (χ1v) is 19.6. The van der Waals surface area contributed by atoms with Gasteiger partial charge < -0.3 is 19.6 Å². The van der Waals surface area contributed by atoms with Crippen molar-refractivity contribution in [2.45, 2.75) is 70.3 Å². The molecule has 4 aromatic carbocycles. The van der Waals surface area contributed by atoms with Crippen LogP contribution in [0.4, 0.5) is 18.9 Å². The van der Waals surface area contributed by atoms with Crippen LogP contribution in [0.15, 0.2) is 97.1 Å². The normalized spacial score (nSPS) is 18.6. The Kier molecular flexibility index (Phi) is 12.0. The molecule has 12 heteroatoms. The van der Waals surface area contributed by atoms with Crippen molar-refractivity contribution >= 4 is 34.6 Å². The number of fused-ring (bicyclic) bond motifs is 1. The summed E-state index contributed by atoms with van der Waals surface area (Å²) in [4.78, 5) is 43.1. The highest BCUT2D eigenvalue weighted by atomic mass is 19.4. The Morgan fingerprint density at radius 1 is 0.860 bits per heavy atom. The largest absolute Gasteiger partial charge is 0.508 e. The molecule has 298 valence electrons. The molecular weight excluding hydrogens is 734 g/mol. The van der Waals surface area contributed by atoms with E-state index in [4.69, 9.17) is 4.74 Å². The molecule has 57 heavy (non-hydrogen) atoms. The average molecular weight is 781 g/mol. The Morgan fingerprint density at radius 3 is 2.19 bits per heavy atom. The van der Waals surface area contributed by atoms with Crippen molar-refractivity contribution in [3.63, 3.8) is 0 Å². The van der Waals surface area contributed by atoms with Gasteiger partial charge >= 0.3 is 6.18 Å². The number of piperazine rings is 1. The van der Waals surface area contributed by atoms with E-state index in [9.17, 15) is 32.7 Å². The van der Waals surface area contributed by atoms with Crippen LogP contribution < -0.4 is 15.0 Å². The number of piperidine rings is 1. The van der Waals surface area contributed by atoms with Gasteiger partial charge in [0.25, 0.3) is 5.91 Å². The number of phenols is 1. The molecule has 2 N–H and O–H groups in total. The van der Waals surface area contributed by atoms with Gasteiger partial charge in [-0.15, -0.1) is 0 Å². The number of amides is 3. The highest BCUT2D eigenvalue weighted by Gasteiger charge is 2.42. The van der Waals surface area contributed by atoms with Gasteiger partial charge in [0.05, 0.1) is 0 Å². The van der Waals surface area contributed by atoms with Crippen LogP contribution in [0.2, 0.25) is 0 Å². The number of halogens is 3. The summed E-state index contributed by atoms with van der Waals surface area (Å²) >= 11 is 0. The van der Waals surface area contributed by atoms with Crippen LogP contribution in [0, 0.1) is 0 Å². The molecule has 7 rings (SSSR count). The fraction of sp³-hybridized carbons (Fsp3) is 0.356. The highest BCUT2D eigenvalue weighted by molar-refractivity contribution is 6.05. The molecule has 0 saturated carbocycles. The SMILES string of the molecule is CCC(=C(c1ccc(O)cc1)c1ccc(OC(CCCCN2CCN(c3ccc4c(c3)CN(C3CCC(=O)NC3=O)C4=O)CC2)C(F)(F)F)cc1)c1ccccc1. The summed E-state index contributed by atoms with van der Waals surface area (Å²) in [6.45, 7) is 6.06. The summed E-state index contributed by atoms with van der Waals surface area (Å²) < 4.78 is 48.3. The van der Waals surface area contributed by atoms with E-state index in [0.29, 0.717) is 37.9 Å². The molecule has 2 fully saturated rings. The number of aromatic hydroxyl groups is 1. The quantitative estimate of drug-likeness (QED) is 0.0811. The van der Waals surface area contributed by atoms with Gasteiger partial charge in [-0.3, -0.25) is 24.6 Å². The number of hydrogen-bond acceptors (Lipinski definition) is 7. The maximum Gasteiger partial charge on any atom is 0.425 e. The number of carbonyl (C=O) groups excluding carboxylic acids is 3. The van der Waals surface area contributed by atoms with Crippen LogP contribution in [0.3, 0.4) is 0 Å². The number of phenolic OH excluding ortho intramolecular Hbond substituents is 1. The zero-order chi connectivity index (χ0) is 40.1. The predicted molar refractivity (Wildman–Crippen MR) is 213 cm³/mol. The van der Waals surface area contributed by atoms with Gasteiger partial charge in [0.1, 0.15) is 17.5 Å². The number of alkyl halides is 3. The Bertz CT molecular complexity index is 2100. The minimum Gasteiger partial charge on any atom is -0.508 e. The van der Waals surface area contributed by atoms with Gasteiger partial charge in [0.2, 0.25) is 11.8 Å². The van der Waals surface area contributed by atoms with Crippen molar-refractivity contribution < 1.29 is 37.4 Å². The molecule has 3 heterocycles. The van der Waals surface area contributed by atoms with E-state index in [2.05, 4.69) is 22.0 Å². The number of carbonyl (C=O) groups is 3. The molecule has 2 unspecified atom stereocenters. The van der Waals surface area contributed by atoms with E-state index in [-0.39, 0.29) is 36.2 Å². The number of nitrogens with zero attached hydrogens (tertiary/aromatic N) is 3. The number of anilines is 1. The van der Waals surface area contributed by atoms with Crippen molar-refractivity contribution in [1.82, 2.24) is 15.1 Å². The number of hydrogen-bond donors (Lipinski definition) is 2. The van der Waals surface area contributed by atoms with Gasteiger partial charge in [0, 0.05) is 50.4 Å². The van der Waals surface area contributed by atoms with Crippen molar-refractivity contribution in [2.24, 2.45) is 0 Å². The van der Waals surface area contributed by atoms with E-state index >= 15 is 0 Å². The number of allylic oxidation sites excluding steroid dienone is 1. The van der Waals surface area contributed by atoms with E-state index < -0.39 is 24.2 Å². The van der Waals surface area contributed by atoms with Crippen LogP contribution in [-0.4, -0.2) is 83.7 Å². The van der Waals surface area contributed by atoms with E-state index in [0.717, 1.165) is 71.7 Å². The lowest BCUT2D eigenvalue weighted by Gasteiger charge is -2.36. The molecular formula is C45H47F3N4O5. The predicted octanol–water partition coefficient (Wildman–Crippen LogP) is 7.82. The summed E-state index contributed by atoms with van der Waals surface area (Å²) in [5.41, 5.74) is 7.18. The fourth-order valence-electron chi connectivity index (χ4n) is 8.11.